The number of benzene rings is 1. The zero-order chi connectivity index (χ0) is 14.9. The number of nitrogens with one attached hydrogen (secondary N) is 1. The average Bonchev–Trinajstić information content (AvgIpc) is 3.14. The molecule has 0 spiro atoms. The molecule has 1 aromatic carbocycles. The fourth-order valence-electron chi connectivity index (χ4n) is 2.42. The van der Waals surface area contributed by atoms with Gasteiger partial charge in [-0.1, -0.05) is 12.1 Å². The highest BCUT2D eigenvalue weighted by Gasteiger charge is 2.51. The lowest BCUT2D eigenvalue weighted by atomic mass is 9.95. The highest BCUT2D eigenvalue weighted by atomic mass is 16.6. The van der Waals surface area contributed by atoms with E-state index >= 15 is 0 Å². The van der Waals surface area contributed by atoms with Crippen LogP contribution in [-0.4, -0.2) is 10.8 Å². The molecule has 1 N–H and O–H groups in total. The molecule has 1 fully saturated rings. The molecule has 1 aromatic heterocycles. The largest absolute Gasteiger partial charge is 0.467 e. The summed E-state index contributed by atoms with van der Waals surface area (Å²) in [7, 11) is 0. The van der Waals surface area contributed by atoms with Crippen molar-refractivity contribution in [2.24, 2.45) is 0 Å². The summed E-state index contributed by atoms with van der Waals surface area (Å²) < 4.78 is 5.18. The summed E-state index contributed by atoms with van der Waals surface area (Å²) in [6.45, 7) is 0.348. The van der Waals surface area contributed by atoms with Crippen LogP contribution in [0.3, 0.4) is 0 Å². The van der Waals surface area contributed by atoms with Crippen LogP contribution >= 0.6 is 0 Å². The second-order valence-electron chi connectivity index (χ2n) is 5.15. The Hall–Kier alpha value is -2.63. The van der Waals surface area contributed by atoms with Crippen molar-refractivity contribution in [1.29, 1.82) is 0 Å². The van der Waals surface area contributed by atoms with Crippen LogP contribution in [0, 0.1) is 10.1 Å². The fourth-order valence-corrected chi connectivity index (χ4v) is 2.42. The lowest BCUT2D eigenvalue weighted by molar-refractivity contribution is -0.384. The number of nitro benzene ring substituents is 1. The summed E-state index contributed by atoms with van der Waals surface area (Å²) in [5, 5.41) is 13.5. The third-order valence-corrected chi connectivity index (χ3v) is 3.82. The summed E-state index contributed by atoms with van der Waals surface area (Å²) in [6.07, 6.45) is 3.08. The van der Waals surface area contributed by atoms with Crippen molar-refractivity contribution in [3.05, 3.63) is 64.1 Å². The van der Waals surface area contributed by atoms with E-state index in [-0.39, 0.29) is 11.6 Å². The zero-order valence-electron chi connectivity index (χ0n) is 11.2. The summed E-state index contributed by atoms with van der Waals surface area (Å²) in [5.41, 5.74) is 0.317. The van der Waals surface area contributed by atoms with Gasteiger partial charge < -0.3 is 9.73 Å². The molecule has 0 saturated heterocycles. The number of carbonyl (C=O) groups is 1. The highest BCUT2D eigenvalue weighted by Crippen LogP contribution is 2.48. The molecule has 2 aromatic rings. The van der Waals surface area contributed by atoms with Crippen molar-refractivity contribution >= 4 is 11.6 Å². The Kier molecular flexibility index (Phi) is 3.21. The minimum atomic E-state index is -0.540. The molecule has 1 aliphatic rings. The van der Waals surface area contributed by atoms with E-state index in [1.54, 1.807) is 30.5 Å². The molecule has 1 heterocycles. The summed E-state index contributed by atoms with van der Waals surface area (Å²) in [5.74, 6) is 0.635. The Morgan fingerprint density at radius 3 is 2.52 bits per heavy atom. The molecular weight excluding hydrogens is 272 g/mol. The SMILES string of the molecule is O=C(NCc1ccco1)C1(c2ccc([N+](=O)[O-])cc2)CC1. The number of carbonyl (C=O) groups excluding carboxylic acids is 1. The Balaban J connectivity index is 1.71. The van der Waals surface area contributed by atoms with E-state index in [0.29, 0.717) is 12.3 Å². The third-order valence-electron chi connectivity index (χ3n) is 3.82. The van der Waals surface area contributed by atoms with Gasteiger partial charge in [0.15, 0.2) is 0 Å². The molecule has 3 rings (SSSR count). The third kappa shape index (κ3) is 2.52. The normalized spacial score (nSPS) is 15.4. The number of non-ortho nitro benzene ring substituents is 1. The molecule has 6 heteroatoms. The molecule has 108 valence electrons. The van der Waals surface area contributed by atoms with E-state index in [1.807, 2.05) is 0 Å². The molecule has 1 saturated carbocycles. The number of nitrogens with zero attached hydrogens (tertiary/aromatic N) is 1. The number of amides is 1. The maximum absolute atomic E-state index is 12.4. The smallest absolute Gasteiger partial charge is 0.269 e. The number of hydrogen-bond acceptors (Lipinski definition) is 4. The summed E-state index contributed by atoms with van der Waals surface area (Å²) in [6, 6.07) is 9.77. The molecule has 0 atom stereocenters. The summed E-state index contributed by atoms with van der Waals surface area (Å²) >= 11 is 0. The van der Waals surface area contributed by atoms with E-state index in [4.69, 9.17) is 4.42 Å². The first-order valence-electron chi connectivity index (χ1n) is 6.67. The quantitative estimate of drug-likeness (QED) is 0.676. The van der Waals surface area contributed by atoms with Crippen molar-refractivity contribution in [3.63, 3.8) is 0 Å². The van der Waals surface area contributed by atoms with Gasteiger partial charge in [-0.15, -0.1) is 0 Å². The number of hydrogen-bond donors (Lipinski definition) is 1. The minimum Gasteiger partial charge on any atom is -0.467 e. The van der Waals surface area contributed by atoms with Crippen molar-refractivity contribution in [1.82, 2.24) is 5.32 Å². The molecule has 1 amide bonds. The first-order valence-corrected chi connectivity index (χ1v) is 6.67. The van der Waals surface area contributed by atoms with Gasteiger partial charge in [0.2, 0.25) is 5.91 Å². The van der Waals surface area contributed by atoms with Gasteiger partial charge in [0.1, 0.15) is 5.76 Å². The van der Waals surface area contributed by atoms with E-state index < -0.39 is 10.3 Å². The standard InChI is InChI=1S/C15H14N2O4/c18-14(16-10-13-2-1-9-21-13)15(7-8-15)11-3-5-12(6-4-11)17(19)20/h1-6,9H,7-8,10H2,(H,16,18). The zero-order valence-corrected chi connectivity index (χ0v) is 11.2. The van der Waals surface area contributed by atoms with Crippen LogP contribution in [0.4, 0.5) is 5.69 Å². The van der Waals surface area contributed by atoms with Gasteiger partial charge in [0, 0.05) is 12.1 Å². The predicted octanol–water partition coefficient (Wildman–Crippen LogP) is 2.54. The molecule has 0 aliphatic heterocycles. The molecular formula is C15H14N2O4. The second kappa shape index (κ2) is 5.05. The molecule has 6 nitrogen and oxygen atoms in total. The van der Waals surface area contributed by atoms with Crippen LogP contribution < -0.4 is 5.32 Å². The molecule has 0 unspecified atom stereocenters. The number of rotatable bonds is 5. The van der Waals surface area contributed by atoms with Crippen molar-refractivity contribution in [2.75, 3.05) is 0 Å². The van der Waals surface area contributed by atoms with Gasteiger partial charge in [-0.2, -0.15) is 0 Å². The van der Waals surface area contributed by atoms with Gasteiger partial charge in [-0.3, -0.25) is 14.9 Å². The first-order chi connectivity index (χ1) is 10.1. The predicted molar refractivity (Wildman–Crippen MR) is 74.6 cm³/mol. The topological polar surface area (TPSA) is 85.4 Å². The minimum absolute atomic E-state index is 0.0329. The van der Waals surface area contributed by atoms with Gasteiger partial charge in [-0.05, 0) is 30.5 Å². The molecule has 0 radical (unpaired) electrons. The molecule has 0 bridgehead atoms. The van der Waals surface area contributed by atoms with E-state index in [1.165, 1.54) is 12.1 Å². The molecule has 1 aliphatic carbocycles. The van der Waals surface area contributed by atoms with Crippen molar-refractivity contribution in [3.8, 4) is 0 Å². The summed E-state index contributed by atoms with van der Waals surface area (Å²) in [4.78, 5) is 22.6. The van der Waals surface area contributed by atoms with Crippen LogP contribution in [0.1, 0.15) is 24.2 Å². The van der Waals surface area contributed by atoms with Gasteiger partial charge >= 0.3 is 0 Å². The Morgan fingerprint density at radius 2 is 2.00 bits per heavy atom. The van der Waals surface area contributed by atoms with E-state index in [2.05, 4.69) is 5.32 Å². The monoisotopic (exact) mass is 286 g/mol. The number of furan rings is 1. The Labute approximate surface area is 120 Å². The lowest BCUT2D eigenvalue weighted by Gasteiger charge is -2.15. The average molecular weight is 286 g/mol. The fraction of sp³-hybridized carbons (Fsp3) is 0.267. The highest BCUT2D eigenvalue weighted by molar-refractivity contribution is 5.91. The molecule has 21 heavy (non-hydrogen) atoms. The maximum Gasteiger partial charge on any atom is 0.269 e. The Morgan fingerprint density at radius 1 is 1.29 bits per heavy atom. The van der Waals surface area contributed by atoms with Crippen LogP contribution in [0.2, 0.25) is 0 Å². The maximum atomic E-state index is 12.4. The first kappa shape index (κ1) is 13.4. The van der Waals surface area contributed by atoms with Crippen LogP contribution in [0.5, 0.6) is 0 Å². The van der Waals surface area contributed by atoms with E-state index in [9.17, 15) is 14.9 Å². The van der Waals surface area contributed by atoms with Gasteiger partial charge in [-0.25, -0.2) is 0 Å². The van der Waals surface area contributed by atoms with Crippen molar-refractivity contribution < 1.29 is 14.1 Å². The number of nitro groups is 1. The lowest BCUT2D eigenvalue weighted by Crippen LogP contribution is -2.34. The van der Waals surface area contributed by atoms with Crippen LogP contribution in [-0.2, 0) is 16.8 Å². The Bertz CT molecular complexity index is 657. The second-order valence-corrected chi connectivity index (χ2v) is 5.15. The van der Waals surface area contributed by atoms with E-state index in [0.717, 1.165) is 18.4 Å². The van der Waals surface area contributed by atoms with Crippen LogP contribution in [0.25, 0.3) is 0 Å². The van der Waals surface area contributed by atoms with Crippen molar-refractivity contribution in [2.45, 2.75) is 24.8 Å². The van der Waals surface area contributed by atoms with Gasteiger partial charge in [0.25, 0.3) is 5.69 Å². The van der Waals surface area contributed by atoms with Crippen LogP contribution in [0.15, 0.2) is 47.1 Å². The van der Waals surface area contributed by atoms with Gasteiger partial charge in [0.05, 0.1) is 23.1 Å².